The van der Waals surface area contributed by atoms with E-state index >= 15 is 0 Å². The Morgan fingerprint density at radius 1 is 0.955 bits per heavy atom. The molecule has 3 nitrogen and oxygen atoms in total. The maximum Gasteiger partial charge on any atom is 0.188 e. The second-order valence-corrected chi connectivity index (χ2v) is 6.01. The lowest BCUT2D eigenvalue weighted by Crippen LogP contribution is -1.89. The first-order valence-corrected chi connectivity index (χ1v) is 7.84. The maximum absolute atomic E-state index is 5.17. The van der Waals surface area contributed by atoms with Crippen molar-refractivity contribution in [3.8, 4) is 5.75 Å². The van der Waals surface area contributed by atoms with Crippen molar-refractivity contribution >= 4 is 43.1 Å². The van der Waals surface area contributed by atoms with E-state index in [1.165, 1.54) is 15.5 Å². The van der Waals surface area contributed by atoms with Crippen LogP contribution in [0.15, 0.2) is 60.7 Å². The second-order valence-electron chi connectivity index (χ2n) is 5.01. The monoisotopic (exact) mass is 306 g/mol. The van der Waals surface area contributed by atoms with Crippen molar-refractivity contribution in [1.82, 2.24) is 4.98 Å². The Kier molecular flexibility index (Phi) is 3.16. The molecule has 22 heavy (non-hydrogen) atoms. The van der Waals surface area contributed by atoms with E-state index in [1.54, 1.807) is 18.4 Å². The summed E-state index contributed by atoms with van der Waals surface area (Å²) in [6.07, 6.45) is 0. The Bertz CT molecular complexity index is 944. The normalized spacial score (nSPS) is 11.0. The van der Waals surface area contributed by atoms with Gasteiger partial charge in [-0.1, -0.05) is 41.7 Å². The fourth-order valence-corrected chi connectivity index (χ4v) is 3.53. The number of nitrogens with zero attached hydrogens (tertiary/aromatic N) is 1. The van der Waals surface area contributed by atoms with E-state index in [4.69, 9.17) is 4.74 Å². The number of benzene rings is 3. The molecule has 108 valence electrons. The van der Waals surface area contributed by atoms with Gasteiger partial charge in [-0.05, 0) is 35.7 Å². The topological polar surface area (TPSA) is 34.1 Å². The number of anilines is 2. The van der Waals surface area contributed by atoms with Crippen LogP contribution >= 0.6 is 11.3 Å². The van der Waals surface area contributed by atoms with Crippen LogP contribution in [0.1, 0.15) is 0 Å². The second kappa shape index (κ2) is 5.31. The van der Waals surface area contributed by atoms with Crippen LogP contribution in [0.2, 0.25) is 0 Å². The Hall–Kier alpha value is -2.59. The number of thiazole rings is 1. The van der Waals surface area contributed by atoms with E-state index in [0.717, 1.165) is 22.1 Å². The van der Waals surface area contributed by atoms with Crippen LogP contribution in [0.3, 0.4) is 0 Å². The third-order valence-corrected chi connectivity index (χ3v) is 4.64. The Morgan fingerprint density at radius 2 is 1.77 bits per heavy atom. The van der Waals surface area contributed by atoms with Crippen LogP contribution in [-0.4, -0.2) is 12.1 Å². The first-order valence-electron chi connectivity index (χ1n) is 7.03. The summed E-state index contributed by atoms with van der Waals surface area (Å²) in [5.41, 5.74) is 2.03. The van der Waals surface area contributed by atoms with E-state index < -0.39 is 0 Å². The molecule has 0 aliphatic carbocycles. The smallest absolute Gasteiger partial charge is 0.188 e. The SMILES string of the molecule is COc1ccc(Nc2nc3ccc4ccccc4c3s2)cc1. The molecule has 0 aliphatic heterocycles. The molecule has 0 saturated carbocycles. The van der Waals surface area contributed by atoms with Gasteiger partial charge < -0.3 is 10.1 Å². The molecule has 0 radical (unpaired) electrons. The molecule has 4 aromatic rings. The summed E-state index contributed by atoms with van der Waals surface area (Å²) in [6, 6.07) is 20.5. The highest BCUT2D eigenvalue weighted by Gasteiger charge is 2.07. The summed E-state index contributed by atoms with van der Waals surface area (Å²) in [6.45, 7) is 0. The highest BCUT2D eigenvalue weighted by Crippen LogP contribution is 2.34. The van der Waals surface area contributed by atoms with Crippen LogP contribution < -0.4 is 10.1 Å². The number of hydrogen-bond donors (Lipinski definition) is 1. The standard InChI is InChI=1S/C18H14N2OS/c1-21-14-9-7-13(8-10-14)19-18-20-16-11-6-12-4-2-3-5-15(12)17(16)22-18/h2-11H,1H3,(H,19,20). The molecule has 0 unspecified atom stereocenters. The third kappa shape index (κ3) is 2.27. The van der Waals surface area contributed by atoms with Crippen LogP contribution in [-0.2, 0) is 0 Å². The molecule has 1 N–H and O–H groups in total. The Labute approximate surface area is 132 Å². The molecule has 4 heteroatoms. The first-order chi connectivity index (χ1) is 10.8. The molecule has 4 rings (SSSR count). The van der Waals surface area contributed by atoms with Crippen LogP contribution in [0.5, 0.6) is 5.75 Å². The molecule has 0 spiro atoms. The van der Waals surface area contributed by atoms with Gasteiger partial charge in [-0.25, -0.2) is 4.98 Å². The van der Waals surface area contributed by atoms with Gasteiger partial charge in [0.15, 0.2) is 5.13 Å². The third-order valence-electron chi connectivity index (χ3n) is 3.62. The molecule has 1 heterocycles. The lowest BCUT2D eigenvalue weighted by molar-refractivity contribution is 0.415. The zero-order valence-electron chi connectivity index (χ0n) is 12.0. The average Bonchev–Trinajstić information content (AvgIpc) is 2.98. The lowest BCUT2D eigenvalue weighted by atomic mass is 10.1. The summed E-state index contributed by atoms with van der Waals surface area (Å²) in [5, 5.41) is 6.76. The van der Waals surface area contributed by atoms with Gasteiger partial charge >= 0.3 is 0 Å². The number of fused-ring (bicyclic) bond motifs is 3. The Morgan fingerprint density at radius 3 is 2.59 bits per heavy atom. The van der Waals surface area contributed by atoms with E-state index in [9.17, 15) is 0 Å². The van der Waals surface area contributed by atoms with Crippen molar-refractivity contribution in [2.75, 3.05) is 12.4 Å². The van der Waals surface area contributed by atoms with Gasteiger partial charge in [-0.15, -0.1) is 0 Å². The van der Waals surface area contributed by atoms with Gasteiger partial charge in [-0.3, -0.25) is 0 Å². The van der Waals surface area contributed by atoms with Gasteiger partial charge in [0.25, 0.3) is 0 Å². The molecular formula is C18H14N2OS. The number of ether oxygens (including phenoxy) is 1. The fourth-order valence-electron chi connectivity index (χ4n) is 2.51. The summed E-state index contributed by atoms with van der Waals surface area (Å²) < 4.78 is 6.39. The molecule has 0 aliphatic rings. The average molecular weight is 306 g/mol. The van der Waals surface area contributed by atoms with E-state index in [-0.39, 0.29) is 0 Å². The van der Waals surface area contributed by atoms with Crippen LogP contribution in [0.25, 0.3) is 21.0 Å². The predicted molar refractivity (Wildman–Crippen MR) is 93.4 cm³/mol. The first kappa shape index (κ1) is 13.1. The largest absolute Gasteiger partial charge is 0.497 e. The number of rotatable bonds is 3. The van der Waals surface area contributed by atoms with Crippen LogP contribution in [0.4, 0.5) is 10.8 Å². The predicted octanol–water partition coefficient (Wildman–Crippen LogP) is 5.20. The highest BCUT2D eigenvalue weighted by molar-refractivity contribution is 7.23. The minimum Gasteiger partial charge on any atom is -0.497 e. The molecule has 0 saturated heterocycles. The van der Waals surface area contributed by atoms with E-state index in [2.05, 4.69) is 46.7 Å². The van der Waals surface area contributed by atoms with Gasteiger partial charge in [-0.2, -0.15) is 0 Å². The summed E-state index contributed by atoms with van der Waals surface area (Å²) in [7, 11) is 1.67. The summed E-state index contributed by atoms with van der Waals surface area (Å²) in [5.74, 6) is 0.848. The maximum atomic E-state index is 5.17. The molecule has 1 aromatic heterocycles. The molecule has 0 bridgehead atoms. The number of hydrogen-bond acceptors (Lipinski definition) is 4. The lowest BCUT2D eigenvalue weighted by Gasteiger charge is -2.03. The van der Waals surface area contributed by atoms with Gasteiger partial charge in [0.1, 0.15) is 5.75 Å². The van der Waals surface area contributed by atoms with Crippen molar-refractivity contribution in [3.63, 3.8) is 0 Å². The zero-order chi connectivity index (χ0) is 14.9. The van der Waals surface area contributed by atoms with E-state index in [1.807, 2.05) is 24.3 Å². The summed E-state index contributed by atoms with van der Waals surface area (Å²) in [4.78, 5) is 4.68. The van der Waals surface area contributed by atoms with Gasteiger partial charge in [0.2, 0.25) is 0 Å². The molecule has 0 atom stereocenters. The van der Waals surface area contributed by atoms with Gasteiger partial charge in [0.05, 0.1) is 17.3 Å². The van der Waals surface area contributed by atoms with Crippen molar-refractivity contribution in [2.24, 2.45) is 0 Å². The minimum absolute atomic E-state index is 0.848. The zero-order valence-corrected chi connectivity index (χ0v) is 12.9. The minimum atomic E-state index is 0.848. The number of nitrogens with one attached hydrogen (secondary N) is 1. The summed E-state index contributed by atoms with van der Waals surface area (Å²) >= 11 is 1.68. The highest BCUT2D eigenvalue weighted by atomic mass is 32.1. The molecule has 3 aromatic carbocycles. The van der Waals surface area contributed by atoms with Crippen molar-refractivity contribution in [1.29, 1.82) is 0 Å². The molecule has 0 amide bonds. The van der Waals surface area contributed by atoms with Crippen molar-refractivity contribution in [2.45, 2.75) is 0 Å². The molecule has 0 fully saturated rings. The number of methoxy groups -OCH3 is 1. The van der Waals surface area contributed by atoms with Gasteiger partial charge in [0, 0.05) is 11.1 Å². The van der Waals surface area contributed by atoms with Crippen molar-refractivity contribution < 1.29 is 4.74 Å². The van der Waals surface area contributed by atoms with Crippen LogP contribution in [0, 0.1) is 0 Å². The van der Waals surface area contributed by atoms with E-state index in [0.29, 0.717) is 0 Å². The quantitative estimate of drug-likeness (QED) is 0.565. The fraction of sp³-hybridized carbons (Fsp3) is 0.0556. The van der Waals surface area contributed by atoms with Crippen molar-refractivity contribution in [3.05, 3.63) is 60.7 Å². The number of aromatic nitrogens is 1. The molecular weight excluding hydrogens is 292 g/mol. The Balaban J connectivity index is 1.74.